The first-order valence-corrected chi connectivity index (χ1v) is 11.3. The van der Waals surface area contributed by atoms with Gasteiger partial charge < -0.3 is 9.51 Å². The van der Waals surface area contributed by atoms with Gasteiger partial charge in [0, 0.05) is 29.3 Å². The van der Waals surface area contributed by atoms with Crippen LogP contribution in [0.25, 0.3) is 33.3 Å². The van der Waals surface area contributed by atoms with Crippen molar-refractivity contribution >= 4 is 22.1 Å². The Morgan fingerprint density at radius 1 is 1.16 bits per heavy atom. The van der Waals surface area contributed by atoms with Gasteiger partial charge in [-0.3, -0.25) is 9.13 Å². The maximum absolute atomic E-state index is 13.8. The molecule has 7 heteroatoms. The van der Waals surface area contributed by atoms with E-state index in [-0.39, 0.29) is 11.7 Å². The molecule has 0 aliphatic heterocycles. The van der Waals surface area contributed by atoms with Crippen molar-refractivity contribution in [3.05, 3.63) is 71.1 Å². The van der Waals surface area contributed by atoms with Crippen LogP contribution in [0.2, 0.25) is 0 Å². The zero-order valence-corrected chi connectivity index (χ0v) is 18.0. The molecule has 32 heavy (non-hydrogen) atoms. The maximum atomic E-state index is 13.8. The van der Waals surface area contributed by atoms with Gasteiger partial charge in [-0.15, -0.1) is 0 Å². The minimum atomic E-state index is -0.00749. The molecule has 1 aliphatic carbocycles. The highest BCUT2D eigenvalue weighted by atomic mass is 16.5. The predicted octanol–water partition coefficient (Wildman–Crippen LogP) is 5.13. The fourth-order valence-corrected chi connectivity index (χ4v) is 5.19. The molecule has 0 unspecified atom stereocenters. The summed E-state index contributed by atoms with van der Waals surface area (Å²) >= 11 is 0. The molecule has 4 aromatic heterocycles. The molecule has 0 amide bonds. The zero-order valence-electron chi connectivity index (χ0n) is 18.0. The van der Waals surface area contributed by atoms with E-state index in [1.807, 2.05) is 53.2 Å². The van der Waals surface area contributed by atoms with Gasteiger partial charge >= 0.3 is 5.69 Å². The second kappa shape index (κ2) is 7.51. The normalized spacial score (nSPS) is 19.2. The lowest BCUT2D eigenvalue weighted by Gasteiger charge is -2.29. The van der Waals surface area contributed by atoms with Crippen molar-refractivity contribution in [3.63, 3.8) is 0 Å². The molecule has 162 valence electrons. The summed E-state index contributed by atoms with van der Waals surface area (Å²) in [5, 5.41) is 5.21. The highest BCUT2D eigenvalue weighted by molar-refractivity contribution is 6.01. The first-order valence-electron chi connectivity index (χ1n) is 11.3. The molecule has 1 fully saturated rings. The van der Waals surface area contributed by atoms with E-state index in [0.717, 1.165) is 52.6 Å². The molecule has 1 aliphatic rings. The lowest BCUT2D eigenvalue weighted by Crippen LogP contribution is -2.32. The third-order valence-electron chi connectivity index (χ3n) is 6.85. The van der Waals surface area contributed by atoms with E-state index < -0.39 is 0 Å². The van der Waals surface area contributed by atoms with E-state index in [2.05, 4.69) is 22.0 Å². The minimum absolute atomic E-state index is 0.00749. The molecule has 0 radical (unpaired) electrons. The molecule has 4 heterocycles. The number of nitrogens with zero attached hydrogens (tertiary/aromatic N) is 4. The third-order valence-corrected chi connectivity index (χ3v) is 6.85. The van der Waals surface area contributed by atoms with E-state index >= 15 is 0 Å². The van der Waals surface area contributed by atoms with E-state index in [1.54, 1.807) is 10.8 Å². The molecular weight excluding hydrogens is 402 g/mol. The summed E-state index contributed by atoms with van der Waals surface area (Å²) in [6.45, 7) is 2.58. The Bertz CT molecular complexity index is 1460. The fraction of sp³-hybridized carbons (Fsp3) is 0.320. The lowest BCUT2D eigenvalue weighted by molar-refractivity contribution is 0.256. The number of aromatic nitrogens is 5. The van der Waals surface area contributed by atoms with Crippen molar-refractivity contribution in [2.75, 3.05) is 0 Å². The van der Waals surface area contributed by atoms with Crippen LogP contribution in [0.15, 0.2) is 64.2 Å². The summed E-state index contributed by atoms with van der Waals surface area (Å²) in [4.78, 5) is 21.6. The van der Waals surface area contributed by atoms with Crippen LogP contribution in [0.3, 0.4) is 0 Å². The third kappa shape index (κ3) is 2.99. The molecule has 1 aromatic carbocycles. The summed E-state index contributed by atoms with van der Waals surface area (Å²) in [6.07, 6.45) is 8.23. The Morgan fingerprint density at radius 3 is 2.84 bits per heavy atom. The van der Waals surface area contributed by atoms with Crippen LogP contribution in [0.4, 0.5) is 0 Å². The number of pyridine rings is 1. The summed E-state index contributed by atoms with van der Waals surface area (Å²) in [5.74, 6) is 1.11. The van der Waals surface area contributed by atoms with Gasteiger partial charge in [-0.05, 0) is 24.8 Å². The van der Waals surface area contributed by atoms with Crippen LogP contribution in [0.5, 0.6) is 0 Å². The summed E-state index contributed by atoms with van der Waals surface area (Å²) in [6, 6.07) is 14.0. The molecule has 6 rings (SSSR count). The van der Waals surface area contributed by atoms with Crippen molar-refractivity contribution in [1.29, 1.82) is 0 Å². The second-order valence-corrected chi connectivity index (χ2v) is 8.84. The number of aromatic amines is 1. The second-order valence-electron chi connectivity index (χ2n) is 8.84. The van der Waals surface area contributed by atoms with Crippen LogP contribution in [-0.2, 0) is 6.54 Å². The average Bonchev–Trinajstić information content (AvgIpc) is 3.54. The van der Waals surface area contributed by atoms with Crippen molar-refractivity contribution in [2.24, 2.45) is 5.92 Å². The van der Waals surface area contributed by atoms with E-state index in [0.29, 0.717) is 18.2 Å². The van der Waals surface area contributed by atoms with Gasteiger partial charge in [0.2, 0.25) is 0 Å². The Morgan fingerprint density at radius 2 is 2.00 bits per heavy atom. The van der Waals surface area contributed by atoms with Gasteiger partial charge in [0.05, 0.1) is 23.8 Å². The number of hydrogen-bond acceptors (Lipinski definition) is 4. The quantitative estimate of drug-likeness (QED) is 0.431. The van der Waals surface area contributed by atoms with Crippen molar-refractivity contribution in [3.8, 4) is 11.3 Å². The molecule has 1 saturated carbocycles. The summed E-state index contributed by atoms with van der Waals surface area (Å²) in [7, 11) is 0. The largest absolute Gasteiger partial charge is 0.359 e. The van der Waals surface area contributed by atoms with Gasteiger partial charge in [-0.2, -0.15) is 0 Å². The van der Waals surface area contributed by atoms with Crippen molar-refractivity contribution in [2.45, 2.75) is 45.2 Å². The van der Waals surface area contributed by atoms with Gasteiger partial charge in [-0.1, -0.05) is 55.3 Å². The number of hydrogen-bond donors (Lipinski definition) is 1. The standard InChI is InChI=1S/C25H25N5O2/c1-16-7-5-6-10-21(16)30-23-19-11-12-26-24(19)27-14-22(23)29(25(30)31)15-18-13-20(28-32-18)17-8-3-2-4-9-17/h2-4,8-9,11-14,16,21H,5-7,10,15H2,1H3,(H,26,27)/t16-,21+/m1/s1. The SMILES string of the molecule is C[C@@H]1CCCC[C@@H]1n1c(=O)n(Cc2cc(-c3ccccc3)no2)c2cnc3[nH]ccc3c21. The number of imidazole rings is 1. The average molecular weight is 428 g/mol. The Balaban J connectivity index is 1.50. The first kappa shape index (κ1) is 19.1. The van der Waals surface area contributed by atoms with Gasteiger partial charge in [0.25, 0.3) is 0 Å². The molecule has 7 nitrogen and oxygen atoms in total. The number of rotatable bonds is 4. The Hall–Kier alpha value is -3.61. The zero-order chi connectivity index (χ0) is 21.7. The summed E-state index contributed by atoms with van der Waals surface area (Å²) in [5.41, 5.74) is 4.35. The number of benzene rings is 1. The van der Waals surface area contributed by atoms with Crippen LogP contribution >= 0.6 is 0 Å². The van der Waals surface area contributed by atoms with Crippen LogP contribution < -0.4 is 5.69 Å². The predicted molar refractivity (Wildman–Crippen MR) is 124 cm³/mol. The topological polar surface area (TPSA) is 81.6 Å². The van der Waals surface area contributed by atoms with Gasteiger partial charge in [0.1, 0.15) is 11.3 Å². The number of nitrogens with one attached hydrogen (secondary N) is 1. The molecule has 0 saturated heterocycles. The lowest BCUT2D eigenvalue weighted by atomic mass is 9.85. The van der Waals surface area contributed by atoms with Crippen LogP contribution in [-0.4, -0.2) is 24.3 Å². The number of fused-ring (bicyclic) bond motifs is 3. The monoisotopic (exact) mass is 427 g/mol. The van der Waals surface area contributed by atoms with E-state index in [4.69, 9.17) is 4.52 Å². The first-order chi connectivity index (χ1) is 15.7. The minimum Gasteiger partial charge on any atom is -0.359 e. The number of H-pyrrole nitrogens is 1. The fourth-order valence-electron chi connectivity index (χ4n) is 5.19. The maximum Gasteiger partial charge on any atom is 0.329 e. The Kier molecular flexibility index (Phi) is 4.48. The van der Waals surface area contributed by atoms with Crippen LogP contribution in [0, 0.1) is 5.92 Å². The molecule has 5 aromatic rings. The van der Waals surface area contributed by atoms with E-state index in [9.17, 15) is 4.79 Å². The molecule has 1 N–H and O–H groups in total. The molecular formula is C25H25N5O2. The van der Waals surface area contributed by atoms with Gasteiger partial charge in [-0.25, -0.2) is 9.78 Å². The highest BCUT2D eigenvalue weighted by Gasteiger charge is 2.29. The smallest absolute Gasteiger partial charge is 0.329 e. The van der Waals surface area contributed by atoms with Crippen LogP contribution in [0.1, 0.15) is 44.4 Å². The highest BCUT2D eigenvalue weighted by Crippen LogP contribution is 2.36. The Labute approximate surface area is 184 Å². The van der Waals surface area contributed by atoms with Gasteiger partial charge in [0.15, 0.2) is 5.76 Å². The van der Waals surface area contributed by atoms with Crippen molar-refractivity contribution < 1.29 is 4.52 Å². The summed E-state index contributed by atoms with van der Waals surface area (Å²) < 4.78 is 9.43. The molecule has 2 atom stereocenters. The van der Waals surface area contributed by atoms with E-state index in [1.165, 1.54) is 6.42 Å². The molecule has 0 bridgehead atoms. The van der Waals surface area contributed by atoms with Crippen molar-refractivity contribution in [1.82, 2.24) is 24.3 Å². The molecule has 0 spiro atoms.